The molecule has 28 heavy (non-hydrogen) atoms. The SMILES string of the molecule is COCCCCN(Cc1ccccc1)C(=O)Nc1ccc(Cl)c(C(=O)OC)c1. The molecule has 0 aliphatic rings. The van der Waals surface area contributed by atoms with Gasteiger partial charge in [-0.2, -0.15) is 0 Å². The van der Waals surface area contributed by atoms with Crippen LogP contribution in [0.5, 0.6) is 0 Å². The van der Waals surface area contributed by atoms with Crippen LogP contribution in [0.1, 0.15) is 28.8 Å². The summed E-state index contributed by atoms with van der Waals surface area (Å²) >= 11 is 6.04. The van der Waals surface area contributed by atoms with Crippen LogP contribution in [0.4, 0.5) is 10.5 Å². The summed E-state index contributed by atoms with van der Waals surface area (Å²) in [6, 6.07) is 14.3. The third-order valence-corrected chi connectivity index (χ3v) is 4.48. The van der Waals surface area contributed by atoms with E-state index in [0.717, 1.165) is 18.4 Å². The quantitative estimate of drug-likeness (QED) is 0.490. The highest BCUT2D eigenvalue weighted by molar-refractivity contribution is 6.33. The Morgan fingerprint density at radius 1 is 1.07 bits per heavy atom. The highest BCUT2D eigenvalue weighted by atomic mass is 35.5. The van der Waals surface area contributed by atoms with Gasteiger partial charge in [0.05, 0.1) is 17.7 Å². The zero-order valence-electron chi connectivity index (χ0n) is 16.1. The molecule has 0 aromatic heterocycles. The van der Waals surface area contributed by atoms with Crippen LogP contribution < -0.4 is 5.32 Å². The molecule has 0 heterocycles. The van der Waals surface area contributed by atoms with Crippen molar-refractivity contribution in [2.75, 3.05) is 32.7 Å². The van der Waals surface area contributed by atoms with Gasteiger partial charge >= 0.3 is 12.0 Å². The van der Waals surface area contributed by atoms with Crippen molar-refractivity contribution in [2.24, 2.45) is 0 Å². The van der Waals surface area contributed by atoms with E-state index < -0.39 is 5.97 Å². The van der Waals surface area contributed by atoms with E-state index in [1.165, 1.54) is 13.2 Å². The Hall–Kier alpha value is -2.57. The second-order valence-electron chi connectivity index (χ2n) is 6.22. The fraction of sp³-hybridized carbons (Fsp3) is 0.333. The molecule has 0 atom stereocenters. The van der Waals surface area contributed by atoms with Crippen molar-refractivity contribution in [3.63, 3.8) is 0 Å². The molecule has 0 aliphatic carbocycles. The number of amides is 2. The molecule has 7 heteroatoms. The number of carbonyl (C=O) groups is 2. The van der Waals surface area contributed by atoms with Crippen LogP contribution in [0.2, 0.25) is 5.02 Å². The molecule has 2 rings (SSSR count). The van der Waals surface area contributed by atoms with Gasteiger partial charge in [-0.25, -0.2) is 9.59 Å². The van der Waals surface area contributed by atoms with Crippen molar-refractivity contribution in [1.29, 1.82) is 0 Å². The number of ether oxygens (including phenoxy) is 2. The second-order valence-corrected chi connectivity index (χ2v) is 6.63. The number of benzene rings is 2. The first-order chi connectivity index (χ1) is 13.5. The first kappa shape index (κ1) is 21.7. The number of anilines is 1. The fourth-order valence-corrected chi connectivity index (χ4v) is 2.87. The van der Waals surface area contributed by atoms with Crippen molar-refractivity contribution < 1.29 is 19.1 Å². The second kappa shape index (κ2) is 11.3. The number of carbonyl (C=O) groups excluding carboxylic acids is 2. The van der Waals surface area contributed by atoms with Gasteiger partial charge in [0.15, 0.2) is 0 Å². The molecule has 0 fully saturated rings. The Bertz CT molecular complexity index is 783. The lowest BCUT2D eigenvalue weighted by molar-refractivity contribution is 0.0601. The van der Waals surface area contributed by atoms with Crippen LogP contribution >= 0.6 is 11.6 Å². The lowest BCUT2D eigenvalue weighted by atomic mass is 10.2. The lowest BCUT2D eigenvalue weighted by Gasteiger charge is -2.23. The molecule has 1 N–H and O–H groups in total. The Balaban J connectivity index is 2.11. The summed E-state index contributed by atoms with van der Waals surface area (Å²) < 4.78 is 9.80. The molecular weight excluding hydrogens is 380 g/mol. The van der Waals surface area contributed by atoms with E-state index in [9.17, 15) is 9.59 Å². The largest absolute Gasteiger partial charge is 0.465 e. The van der Waals surface area contributed by atoms with Gasteiger partial charge < -0.3 is 19.7 Å². The van der Waals surface area contributed by atoms with E-state index in [4.69, 9.17) is 21.1 Å². The number of nitrogens with zero attached hydrogens (tertiary/aromatic N) is 1. The lowest BCUT2D eigenvalue weighted by Crippen LogP contribution is -2.35. The minimum Gasteiger partial charge on any atom is -0.465 e. The number of esters is 1. The van der Waals surface area contributed by atoms with Gasteiger partial charge in [-0.15, -0.1) is 0 Å². The van der Waals surface area contributed by atoms with Gasteiger partial charge in [0, 0.05) is 32.5 Å². The van der Waals surface area contributed by atoms with Crippen LogP contribution in [0.15, 0.2) is 48.5 Å². The summed E-state index contributed by atoms with van der Waals surface area (Å²) in [4.78, 5) is 26.4. The standard InChI is InChI=1S/C21H25ClN2O4/c1-27-13-7-6-12-24(15-16-8-4-3-5-9-16)21(26)23-17-10-11-19(22)18(14-17)20(25)28-2/h3-5,8-11,14H,6-7,12-13,15H2,1-2H3,(H,23,26). The number of rotatable bonds is 9. The molecule has 0 unspecified atom stereocenters. The van der Waals surface area contributed by atoms with Crippen LogP contribution in [0.3, 0.4) is 0 Å². The molecular formula is C21H25ClN2O4. The van der Waals surface area contributed by atoms with Gasteiger partial charge in [-0.1, -0.05) is 41.9 Å². The molecule has 0 radical (unpaired) electrons. The molecule has 0 bridgehead atoms. The van der Waals surface area contributed by atoms with E-state index >= 15 is 0 Å². The summed E-state index contributed by atoms with van der Waals surface area (Å²) in [5, 5.41) is 3.11. The third kappa shape index (κ3) is 6.55. The van der Waals surface area contributed by atoms with Crippen LogP contribution in [0, 0.1) is 0 Å². The molecule has 2 amide bonds. The maximum absolute atomic E-state index is 12.9. The number of halogens is 1. The van der Waals surface area contributed by atoms with Gasteiger partial charge in [0.25, 0.3) is 0 Å². The number of hydrogen-bond acceptors (Lipinski definition) is 4. The zero-order valence-corrected chi connectivity index (χ0v) is 16.9. The zero-order chi connectivity index (χ0) is 20.4. The van der Waals surface area contributed by atoms with E-state index in [2.05, 4.69) is 5.32 Å². The molecule has 150 valence electrons. The molecule has 2 aromatic rings. The normalized spacial score (nSPS) is 10.4. The predicted molar refractivity (Wildman–Crippen MR) is 110 cm³/mol. The van der Waals surface area contributed by atoms with Crippen molar-refractivity contribution in [3.05, 3.63) is 64.7 Å². The molecule has 6 nitrogen and oxygen atoms in total. The summed E-state index contributed by atoms with van der Waals surface area (Å²) in [5.41, 5.74) is 1.72. The van der Waals surface area contributed by atoms with E-state index in [0.29, 0.717) is 25.4 Å². The van der Waals surface area contributed by atoms with E-state index in [1.54, 1.807) is 24.1 Å². The Labute approximate surface area is 170 Å². The first-order valence-electron chi connectivity index (χ1n) is 9.01. The minimum atomic E-state index is -0.554. The molecule has 0 spiro atoms. The van der Waals surface area contributed by atoms with E-state index in [-0.39, 0.29) is 16.6 Å². The van der Waals surface area contributed by atoms with Gasteiger partial charge in [-0.3, -0.25) is 0 Å². The van der Waals surface area contributed by atoms with Crippen LogP contribution in [-0.4, -0.2) is 44.3 Å². The average molecular weight is 405 g/mol. The Morgan fingerprint density at radius 3 is 2.50 bits per heavy atom. The topological polar surface area (TPSA) is 67.9 Å². The summed E-state index contributed by atoms with van der Waals surface area (Å²) in [6.07, 6.45) is 1.69. The summed E-state index contributed by atoms with van der Waals surface area (Å²) in [6.45, 7) is 1.72. The summed E-state index contributed by atoms with van der Waals surface area (Å²) in [5.74, 6) is -0.554. The van der Waals surface area contributed by atoms with Crippen molar-refractivity contribution in [3.8, 4) is 0 Å². The highest BCUT2D eigenvalue weighted by Crippen LogP contribution is 2.22. The first-order valence-corrected chi connectivity index (χ1v) is 9.39. The third-order valence-electron chi connectivity index (χ3n) is 4.15. The van der Waals surface area contributed by atoms with Crippen LogP contribution in [0.25, 0.3) is 0 Å². The highest BCUT2D eigenvalue weighted by Gasteiger charge is 2.16. The monoisotopic (exact) mass is 404 g/mol. The molecule has 0 saturated carbocycles. The maximum atomic E-state index is 12.9. The minimum absolute atomic E-state index is 0.205. The fourth-order valence-electron chi connectivity index (χ4n) is 2.68. The van der Waals surface area contributed by atoms with Gasteiger partial charge in [-0.05, 0) is 36.6 Å². The van der Waals surface area contributed by atoms with Crippen molar-refractivity contribution in [1.82, 2.24) is 4.90 Å². The number of nitrogens with one attached hydrogen (secondary N) is 1. The van der Waals surface area contributed by atoms with Crippen LogP contribution in [-0.2, 0) is 16.0 Å². The van der Waals surface area contributed by atoms with Gasteiger partial charge in [0.2, 0.25) is 0 Å². The van der Waals surface area contributed by atoms with Crippen molar-refractivity contribution in [2.45, 2.75) is 19.4 Å². The maximum Gasteiger partial charge on any atom is 0.339 e. The number of urea groups is 1. The molecule has 0 aliphatic heterocycles. The number of unbranched alkanes of at least 4 members (excludes halogenated alkanes) is 1. The Morgan fingerprint density at radius 2 is 1.82 bits per heavy atom. The Kier molecular flexibility index (Phi) is 8.78. The number of hydrogen-bond donors (Lipinski definition) is 1. The van der Waals surface area contributed by atoms with Crippen molar-refractivity contribution >= 4 is 29.3 Å². The summed E-state index contributed by atoms with van der Waals surface area (Å²) in [7, 11) is 2.94. The van der Waals surface area contributed by atoms with E-state index in [1.807, 2.05) is 30.3 Å². The predicted octanol–water partition coefficient (Wildman–Crippen LogP) is 4.59. The average Bonchev–Trinajstić information content (AvgIpc) is 2.71. The number of methoxy groups -OCH3 is 2. The molecule has 2 aromatic carbocycles. The molecule has 0 saturated heterocycles. The smallest absolute Gasteiger partial charge is 0.339 e. The van der Waals surface area contributed by atoms with Gasteiger partial charge in [0.1, 0.15) is 0 Å².